The van der Waals surface area contributed by atoms with Crippen LogP contribution in [0.2, 0.25) is 0 Å². The Kier molecular flexibility index (Phi) is 6.39. The zero-order chi connectivity index (χ0) is 21.3. The van der Waals surface area contributed by atoms with Crippen LogP contribution >= 0.6 is 11.8 Å². The number of anilines is 1. The lowest BCUT2D eigenvalue weighted by molar-refractivity contribution is -0.122. The first-order valence-corrected chi connectivity index (χ1v) is 11.2. The highest BCUT2D eigenvalue weighted by Crippen LogP contribution is 2.33. The van der Waals surface area contributed by atoms with Gasteiger partial charge in [0.05, 0.1) is 18.5 Å². The zero-order valence-electron chi connectivity index (χ0n) is 16.4. The van der Waals surface area contributed by atoms with Crippen molar-refractivity contribution in [2.75, 3.05) is 23.8 Å². The molecule has 1 amide bonds. The van der Waals surface area contributed by atoms with Crippen LogP contribution in [0.1, 0.15) is 25.5 Å². The van der Waals surface area contributed by atoms with E-state index in [4.69, 9.17) is 16.2 Å². The highest BCUT2D eigenvalue weighted by atomic mass is 32.2. The quantitative estimate of drug-likeness (QED) is 0.306. The number of aliphatic hydroxyl groups is 2. The molecule has 30 heavy (non-hydrogen) atoms. The molecule has 2 aliphatic rings. The maximum absolute atomic E-state index is 12.0. The van der Waals surface area contributed by atoms with E-state index in [1.54, 1.807) is 4.57 Å². The molecule has 1 aliphatic heterocycles. The van der Waals surface area contributed by atoms with Crippen molar-refractivity contribution in [3.8, 4) is 0 Å². The van der Waals surface area contributed by atoms with E-state index in [0.717, 1.165) is 0 Å². The van der Waals surface area contributed by atoms with Gasteiger partial charge in [-0.15, -0.1) is 0 Å². The number of hydrogen-bond donors (Lipinski definition) is 5. The second kappa shape index (κ2) is 9.02. The fourth-order valence-corrected chi connectivity index (χ4v) is 4.49. The fourth-order valence-electron chi connectivity index (χ4n) is 3.39. The minimum absolute atomic E-state index is 0.122. The van der Waals surface area contributed by atoms with E-state index in [-0.39, 0.29) is 11.7 Å². The van der Waals surface area contributed by atoms with Crippen LogP contribution in [-0.2, 0) is 9.53 Å². The summed E-state index contributed by atoms with van der Waals surface area (Å²) in [6, 6.07) is -0.550. The molecule has 12 heteroatoms. The van der Waals surface area contributed by atoms with Gasteiger partial charge in [0.1, 0.15) is 24.1 Å². The molecule has 0 spiro atoms. The number of carbonyl (C=O) groups excluding carboxylic acids is 1. The molecular formula is C18H27N7O4S. The van der Waals surface area contributed by atoms with Crippen molar-refractivity contribution in [3.63, 3.8) is 0 Å². The lowest BCUT2D eigenvalue weighted by Crippen LogP contribution is -2.41. The van der Waals surface area contributed by atoms with Crippen LogP contribution in [0.3, 0.4) is 0 Å². The smallest absolute Gasteiger partial charge is 0.236 e. The van der Waals surface area contributed by atoms with E-state index in [1.807, 2.05) is 0 Å². The first kappa shape index (κ1) is 21.2. The summed E-state index contributed by atoms with van der Waals surface area (Å²) in [5.74, 6) is 1.82. The average Bonchev–Trinajstić information content (AvgIpc) is 3.41. The number of rotatable bonds is 9. The first-order valence-electron chi connectivity index (χ1n) is 10.0. The van der Waals surface area contributed by atoms with E-state index in [9.17, 15) is 15.0 Å². The van der Waals surface area contributed by atoms with E-state index >= 15 is 0 Å². The van der Waals surface area contributed by atoms with Crippen LogP contribution in [0.25, 0.3) is 11.2 Å². The molecule has 2 aromatic heterocycles. The number of ether oxygens (including phenoxy) is 1. The number of nitrogens with one attached hydrogen (secondary N) is 1. The van der Waals surface area contributed by atoms with Crippen molar-refractivity contribution < 1.29 is 19.7 Å². The molecule has 0 bridgehead atoms. The number of hydrogen-bond acceptors (Lipinski definition) is 10. The Morgan fingerprint density at radius 1 is 1.33 bits per heavy atom. The van der Waals surface area contributed by atoms with E-state index in [0.29, 0.717) is 41.6 Å². The van der Waals surface area contributed by atoms with Crippen LogP contribution in [0.5, 0.6) is 0 Å². The number of nitrogen functional groups attached to an aromatic ring is 1. The molecule has 11 nitrogen and oxygen atoms in total. The third kappa shape index (κ3) is 4.52. The van der Waals surface area contributed by atoms with Crippen molar-refractivity contribution in [3.05, 3.63) is 12.7 Å². The van der Waals surface area contributed by atoms with Gasteiger partial charge in [0.25, 0.3) is 0 Å². The van der Waals surface area contributed by atoms with Gasteiger partial charge in [0.2, 0.25) is 5.91 Å². The molecule has 1 saturated heterocycles. The summed E-state index contributed by atoms with van der Waals surface area (Å²) in [5, 5.41) is 23.8. The molecule has 0 radical (unpaired) electrons. The van der Waals surface area contributed by atoms with Crippen molar-refractivity contribution in [2.24, 2.45) is 11.7 Å². The average molecular weight is 438 g/mol. The van der Waals surface area contributed by atoms with Crippen LogP contribution in [-0.4, -0.2) is 78.0 Å². The molecule has 4 rings (SSSR count). The van der Waals surface area contributed by atoms with Gasteiger partial charge >= 0.3 is 0 Å². The largest absolute Gasteiger partial charge is 0.387 e. The Morgan fingerprint density at radius 3 is 2.90 bits per heavy atom. The van der Waals surface area contributed by atoms with E-state index in [1.165, 1.54) is 37.3 Å². The third-order valence-corrected chi connectivity index (χ3v) is 6.54. The number of aromatic nitrogens is 4. The van der Waals surface area contributed by atoms with E-state index < -0.39 is 30.6 Å². The molecule has 3 heterocycles. The van der Waals surface area contributed by atoms with Gasteiger partial charge in [-0.05, 0) is 30.9 Å². The Bertz CT molecular complexity index is 893. The number of imidazole rings is 1. The number of aliphatic hydroxyl groups excluding tert-OH is 2. The van der Waals surface area contributed by atoms with E-state index in [2.05, 4.69) is 20.3 Å². The first-order chi connectivity index (χ1) is 14.5. The van der Waals surface area contributed by atoms with Gasteiger partial charge in [-0.3, -0.25) is 9.36 Å². The molecule has 1 aliphatic carbocycles. The monoisotopic (exact) mass is 437 g/mol. The lowest BCUT2D eigenvalue weighted by Gasteiger charge is -2.16. The van der Waals surface area contributed by atoms with Crippen LogP contribution in [0.4, 0.5) is 5.82 Å². The minimum Gasteiger partial charge on any atom is -0.387 e. The van der Waals surface area contributed by atoms with Gasteiger partial charge in [-0.25, -0.2) is 15.0 Å². The number of amides is 1. The fraction of sp³-hybridized carbons (Fsp3) is 0.667. The van der Waals surface area contributed by atoms with Gasteiger partial charge in [0.15, 0.2) is 17.7 Å². The molecular weight excluding hydrogens is 410 g/mol. The summed E-state index contributed by atoms with van der Waals surface area (Å²) < 4.78 is 7.44. The van der Waals surface area contributed by atoms with Gasteiger partial charge in [0, 0.05) is 12.3 Å². The van der Waals surface area contributed by atoms with Crippen molar-refractivity contribution in [2.45, 2.75) is 49.8 Å². The summed E-state index contributed by atoms with van der Waals surface area (Å²) >= 11 is 1.52. The second-order valence-electron chi connectivity index (χ2n) is 7.79. The van der Waals surface area contributed by atoms with Crippen molar-refractivity contribution in [1.82, 2.24) is 24.8 Å². The maximum Gasteiger partial charge on any atom is 0.236 e. The van der Waals surface area contributed by atoms with Crippen LogP contribution < -0.4 is 16.8 Å². The SMILES string of the molecule is Nc1ncnc2c1ncn2[C@@H]1O[C@H](CSCC[C@H](N)C(=O)NCC2CC2)[C@@H](O)[C@H]1O. The predicted molar refractivity (Wildman–Crippen MR) is 111 cm³/mol. The predicted octanol–water partition coefficient (Wildman–Crippen LogP) is -0.995. The Hall–Kier alpha value is -1.99. The molecule has 7 N–H and O–H groups in total. The maximum atomic E-state index is 12.0. The molecule has 0 aromatic carbocycles. The topological polar surface area (TPSA) is 174 Å². The number of fused-ring (bicyclic) bond motifs is 1. The molecule has 164 valence electrons. The zero-order valence-corrected chi connectivity index (χ0v) is 17.2. The summed E-state index contributed by atoms with van der Waals surface area (Å²) in [6.07, 6.45) is 2.05. The third-order valence-electron chi connectivity index (χ3n) is 5.45. The van der Waals surface area contributed by atoms with Crippen LogP contribution in [0.15, 0.2) is 12.7 Å². The normalized spacial score (nSPS) is 27.4. The van der Waals surface area contributed by atoms with Gasteiger partial charge in [-0.1, -0.05) is 0 Å². The molecule has 2 aromatic rings. The van der Waals surface area contributed by atoms with Crippen molar-refractivity contribution in [1.29, 1.82) is 0 Å². The highest BCUT2D eigenvalue weighted by molar-refractivity contribution is 7.99. The second-order valence-corrected chi connectivity index (χ2v) is 8.94. The van der Waals surface area contributed by atoms with Crippen molar-refractivity contribution >= 4 is 34.7 Å². The number of nitrogens with zero attached hydrogens (tertiary/aromatic N) is 4. The molecule has 2 fully saturated rings. The van der Waals surface area contributed by atoms with Crippen LogP contribution in [0, 0.1) is 5.92 Å². The number of carbonyl (C=O) groups is 1. The highest BCUT2D eigenvalue weighted by Gasteiger charge is 2.44. The van der Waals surface area contributed by atoms with Gasteiger partial charge in [-0.2, -0.15) is 11.8 Å². The summed E-state index contributed by atoms with van der Waals surface area (Å²) in [6.45, 7) is 0.709. The number of nitrogens with two attached hydrogens (primary N) is 2. The number of thioether (sulfide) groups is 1. The summed E-state index contributed by atoms with van der Waals surface area (Å²) in [5.41, 5.74) is 12.6. The Morgan fingerprint density at radius 2 is 2.13 bits per heavy atom. The Labute approximate surface area is 177 Å². The summed E-state index contributed by atoms with van der Waals surface area (Å²) in [7, 11) is 0. The summed E-state index contributed by atoms with van der Waals surface area (Å²) in [4.78, 5) is 24.2. The molecule has 1 saturated carbocycles. The lowest BCUT2D eigenvalue weighted by atomic mass is 10.1. The van der Waals surface area contributed by atoms with Gasteiger partial charge < -0.3 is 31.7 Å². The molecule has 0 unspecified atom stereocenters. The molecule has 5 atom stereocenters. The minimum atomic E-state index is -1.14. The standard InChI is InChI=1S/C18H27N7O4S/c19-10(17(28)21-5-9-1-2-9)3-4-30-6-11-13(26)14(27)18(29-11)25-8-24-12-15(20)22-7-23-16(12)25/h7-11,13-14,18,26-27H,1-6,19H2,(H,21,28)(H2,20,22,23)/t10-,11+,13+,14+,18+/m0/s1. The Balaban J connectivity index is 1.27.